The lowest BCUT2D eigenvalue weighted by Crippen LogP contribution is -2.36. The Morgan fingerprint density at radius 2 is 1.82 bits per heavy atom. The molecule has 3 aromatic carbocycles. The van der Waals surface area contributed by atoms with Crippen LogP contribution in [0.15, 0.2) is 77.3 Å². The summed E-state index contributed by atoms with van der Waals surface area (Å²) in [6.07, 6.45) is 0.149. The third-order valence-electron chi connectivity index (χ3n) is 5.45. The molecule has 1 saturated heterocycles. The molecule has 0 radical (unpaired) electrons. The number of benzene rings is 3. The van der Waals surface area contributed by atoms with Crippen molar-refractivity contribution in [3.8, 4) is 11.5 Å². The summed E-state index contributed by atoms with van der Waals surface area (Å²) in [5.41, 5.74) is 8.10. The van der Waals surface area contributed by atoms with Crippen LogP contribution in [0.1, 0.15) is 18.9 Å². The lowest BCUT2D eigenvalue weighted by atomic mass is 10.1. The van der Waals surface area contributed by atoms with Gasteiger partial charge in [-0.3, -0.25) is 20.4 Å². The average molecular weight is 524 g/mol. The predicted molar refractivity (Wildman–Crippen MR) is 135 cm³/mol. The topological polar surface area (TPSA) is 79.9 Å². The number of nitrogens with zero attached hydrogens (tertiary/aromatic N) is 1. The van der Waals surface area contributed by atoms with E-state index in [1.807, 2.05) is 79.7 Å². The minimum absolute atomic E-state index is 0.0846. The highest BCUT2D eigenvalue weighted by molar-refractivity contribution is 9.10. The van der Waals surface area contributed by atoms with Gasteiger partial charge in [-0.2, -0.15) is 0 Å². The minimum Gasteiger partial charge on any atom is -0.494 e. The maximum Gasteiger partial charge on any atom is 0.243 e. The monoisotopic (exact) mass is 523 g/mol. The summed E-state index contributed by atoms with van der Waals surface area (Å²) in [5, 5.41) is 0. The molecule has 7 nitrogen and oxygen atoms in total. The van der Waals surface area contributed by atoms with Crippen LogP contribution in [-0.4, -0.2) is 25.0 Å². The Labute approximate surface area is 207 Å². The van der Waals surface area contributed by atoms with Gasteiger partial charge in [0, 0.05) is 23.1 Å². The minimum atomic E-state index is -0.465. The first-order valence-corrected chi connectivity index (χ1v) is 11.9. The molecule has 3 aromatic rings. The molecule has 1 atom stereocenters. The fourth-order valence-electron chi connectivity index (χ4n) is 3.71. The van der Waals surface area contributed by atoms with Crippen molar-refractivity contribution >= 4 is 39.1 Å². The van der Waals surface area contributed by atoms with Crippen LogP contribution in [0.4, 0.5) is 11.4 Å². The molecule has 34 heavy (non-hydrogen) atoms. The summed E-state index contributed by atoms with van der Waals surface area (Å²) in [7, 11) is 0. The van der Waals surface area contributed by atoms with Crippen molar-refractivity contribution in [1.29, 1.82) is 0 Å². The number of hydrazine groups is 1. The number of anilines is 2. The molecule has 4 rings (SSSR count). The Hall–Kier alpha value is -3.52. The number of ether oxygens (including phenoxy) is 2. The number of carbonyl (C=O) groups excluding carboxylic acids is 2. The highest BCUT2D eigenvalue weighted by atomic mass is 79.9. The summed E-state index contributed by atoms with van der Waals surface area (Å²) < 4.78 is 12.2. The molecule has 1 aliphatic heterocycles. The van der Waals surface area contributed by atoms with Gasteiger partial charge in [-0.05, 0) is 55.0 Å². The number of carbonyl (C=O) groups is 2. The van der Waals surface area contributed by atoms with Crippen LogP contribution in [0.5, 0.6) is 11.5 Å². The lowest BCUT2D eigenvalue weighted by molar-refractivity contribution is -0.125. The fourth-order valence-corrected chi connectivity index (χ4v) is 4.07. The van der Waals surface area contributed by atoms with Crippen molar-refractivity contribution in [2.45, 2.75) is 20.0 Å². The summed E-state index contributed by atoms with van der Waals surface area (Å²) >= 11 is 3.45. The van der Waals surface area contributed by atoms with E-state index in [1.165, 1.54) is 0 Å². The first-order chi connectivity index (χ1) is 16.5. The third kappa shape index (κ3) is 5.88. The Kier molecular flexibility index (Phi) is 7.69. The third-order valence-corrected chi connectivity index (χ3v) is 5.95. The summed E-state index contributed by atoms with van der Waals surface area (Å²) in [4.78, 5) is 27.0. The van der Waals surface area contributed by atoms with Gasteiger partial charge in [-0.15, -0.1) is 0 Å². The van der Waals surface area contributed by atoms with Crippen LogP contribution < -0.4 is 25.2 Å². The van der Waals surface area contributed by atoms with Crippen LogP contribution >= 0.6 is 15.9 Å². The van der Waals surface area contributed by atoms with Gasteiger partial charge in [-0.25, -0.2) is 0 Å². The Morgan fingerprint density at radius 3 is 2.56 bits per heavy atom. The molecular formula is C26H26BrN3O4. The molecule has 0 aliphatic carbocycles. The van der Waals surface area contributed by atoms with E-state index in [1.54, 1.807) is 4.90 Å². The van der Waals surface area contributed by atoms with Crippen LogP contribution in [0.3, 0.4) is 0 Å². The first kappa shape index (κ1) is 23.6. The van der Waals surface area contributed by atoms with Gasteiger partial charge in [-0.1, -0.05) is 46.3 Å². The van der Waals surface area contributed by atoms with E-state index in [2.05, 4.69) is 26.8 Å². The Bertz CT molecular complexity index is 1140. The second kappa shape index (κ2) is 11.1. The molecule has 8 heteroatoms. The second-order valence-electron chi connectivity index (χ2n) is 7.86. The number of halogens is 1. The SMILES string of the molecule is CCOc1ccc(N2C[C@@H](C(=O)NNc3cc(Br)ccc3OCc3ccccc3)CC2=O)cc1. The summed E-state index contributed by atoms with van der Waals surface area (Å²) in [6, 6.07) is 22.7. The highest BCUT2D eigenvalue weighted by Gasteiger charge is 2.35. The molecule has 1 aliphatic rings. The first-order valence-electron chi connectivity index (χ1n) is 11.1. The Balaban J connectivity index is 1.36. The fraction of sp³-hybridized carbons (Fsp3) is 0.231. The van der Waals surface area contributed by atoms with Gasteiger partial charge in [0.2, 0.25) is 11.8 Å². The molecule has 2 N–H and O–H groups in total. The van der Waals surface area contributed by atoms with Gasteiger partial charge in [0.25, 0.3) is 0 Å². The van der Waals surface area contributed by atoms with Crippen molar-refractivity contribution in [2.75, 3.05) is 23.5 Å². The van der Waals surface area contributed by atoms with E-state index >= 15 is 0 Å². The molecule has 0 bridgehead atoms. The van der Waals surface area contributed by atoms with Crippen molar-refractivity contribution < 1.29 is 19.1 Å². The zero-order valence-corrected chi connectivity index (χ0v) is 20.4. The molecule has 176 valence electrons. The zero-order valence-electron chi connectivity index (χ0n) is 18.8. The molecule has 1 fully saturated rings. The van der Waals surface area contributed by atoms with Crippen LogP contribution in [-0.2, 0) is 16.2 Å². The average Bonchev–Trinajstić information content (AvgIpc) is 3.25. The van der Waals surface area contributed by atoms with Crippen molar-refractivity contribution in [2.24, 2.45) is 5.92 Å². The molecule has 0 aromatic heterocycles. The normalized spacial score (nSPS) is 15.2. The molecular weight excluding hydrogens is 498 g/mol. The van der Waals surface area contributed by atoms with Crippen molar-refractivity contribution in [3.63, 3.8) is 0 Å². The standard InChI is InChI=1S/C26H26BrN3O4/c1-2-33-22-11-9-21(10-12-22)30-16-19(14-25(30)31)26(32)29-28-23-15-20(27)8-13-24(23)34-17-18-6-4-3-5-7-18/h3-13,15,19,28H,2,14,16-17H2,1H3,(H,29,32)/t19-/m0/s1. The predicted octanol–water partition coefficient (Wildman–Crippen LogP) is 4.92. The van der Waals surface area contributed by atoms with Gasteiger partial charge >= 0.3 is 0 Å². The number of hydrogen-bond acceptors (Lipinski definition) is 5. The molecule has 0 spiro atoms. The molecule has 1 heterocycles. The van der Waals surface area contributed by atoms with Crippen molar-refractivity contribution in [3.05, 3.63) is 82.8 Å². The van der Waals surface area contributed by atoms with Gasteiger partial charge in [0.1, 0.15) is 18.1 Å². The molecule has 2 amide bonds. The Morgan fingerprint density at radius 1 is 1.06 bits per heavy atom. The van der Waals surface area contributed by atoms with E-state index < -0.39 is 5.92 Å². The maximum absolute atomic E-state index is 12.8. The number of rotatable bonds is 9. The van der Waals surface area contributed by atoms with E-state index in [9.17, 15) is 9.59 Å². The van der Waals surface area contributed by atoms with Crippen LogP contribution in [0.25, 0.3) is 0 Å². The van der Waals surface area contributed by atoms with Crippen LogP contribution in [0.2, 0.25) is 0 Å². The van der Waals surface area contributed by atoms with E-state index in [0.29, 0.717) is 31.2 Å². The smallest absolute Gasteiger partial charge is 0.243 e. The maximum atomic E-state index is 12.8. The largest absolute Gasteiger partial charge is 0.494 e. The number of nitrogens with one attached hydrogen (secondary N) is 2. The quantitative estimate of drug-likeness (QED) is 0.389. The van der Waals surface area contributed by atoms with Gasteiger partial charge in [0.05, 0.1) is 18.2 Å². The van der Waals surface area contributed by atoms with Crippen LogP contribution in [0, 0.1) is 5.92 Å². The summed E-state index contributed by atoms with van der Waals surface area (Å²) in [6.45, 7) is 3.21. The van der Waals surface area contributed by atoms with E-state index in [-0.39, 0.29) is 18.2 Å². The van der Waals surface area contributed by atoms with Gasteiger partial charge < -0.3 is 14.4 Å². The lowest BCUT2D eigenvalue weighted by Gasteiger charge is -2.18. The zero-order chi connectivity index (χ0) is 23.9. The second-order valence-corrected chi connectivity index (χ2v) is 8.78. The number of amides is 2. The van der Waals surface area contributed by atoms with E-state index in [0.717, 1.165) is 21.5 Å². The summed E-state index contributed by atoms with van der Waals surface area (Å²) in [5.74, 6) is 0.545. The van der Waals surface area contributed by atoms with Gasteiger partial charge in [0.15, 0.2) is 0 Å². The van der Waals surface area contributed by atoms with E-state index in [4.69, 9.17) is 9.47 Å². The molecule has 0 saturated carbocycles. The number of hydrogen-bond donors (Lipinski definition) is 2. The van der Waals surface area contributed by atoms with Crippen molar-refractivity contribution in [1.82, 2.24) is 5.43 Å². The molecule has 0 unspecified atom stereocenters. The highest BCUT2D eigenvalue weighted by Crippen LogP contribution is 2.30.